The molecule has 0 spiro atoms. The summed E-state index contributed by atoms with van der Waals surface area (Å²) in [7, 11) is 0. The maximum absolute atomic E-state index is 2.97. The van der Waals surface area contributed by atoms with Crippen LogP contribution in [0.15, 0.2) is 0 Å². The predicted octanol–water partition coefficient (Wildman–Crippen LogP) is 6.50. The Morgan fingerprint density at radius 3 is 1.82 bits per heavy atom. The third-order valence-electron chi connectivity index (χ3n) is 5.75. The number of hydrogen-bond donors (Lipinski definition) is 0. The molecule has 0 radical (unpaired) electrons. The zero-order chi connectivity index (χ0) is 16.4. The van der Waals surface area contributed by atoms with Gasteiger partial charge in [0.2, 0.25) is 0 Å². The molecule has 1 fully saturated rings. The molecule has 1 saturated heterocycles. The Labute approximate surface area is 145 Å². The summed E-state index contributed by atoms with van der Waals surface area (Å²) in [4.78, 5) is 2.97. The molecule has 22 heavy (non-hydrogen) atoms. The molecule has 1 aliphatic heterocycles. The third-order valence-corrected chi connectivity index (χ3v) is 23.2. The van der Waals surface area contributed by atoms with Crippen LogP contribution in [-0.2, 0) is 0 Å². The van der Waals surface area contributed by atoms with Crippen LogP contribution in [0.5, 0.6) is 0 Å². The molecule has 0 bridgehead atoms. The van der Waals surface area contributed by atoms with Crippen LogP contribution in [0.3, 0.4) is 0 Å². The first-order chi connectivity index (χ1) is 10.6. The third kappa shape index (κ3) is 6.34. The monoisotopic (exact) mass is 417 g/mol. The van der Waals surface area contributed by atoms with E-state index in [4.69, 9.17) is 0 Å². The molecule has 0 aromatic heterocycles. The molecule has 132 valence electrons. The molecule has 0 aliphatic carbocycles. The van der Waals surface area contributed by atoms with Gasteiger partial charge in [0.25, 0.3) is 0 Å². The van der Waals surface area contributed by atoms with Crippen molar-refractivity contribution in [3.63, 3.8) is 0 Å². The SMILES string of the molecule is CCC[CH2][Sn]([CH2]CCC)([CH2]CCC)[C@@H]1CCCN1CC(C)C. The number of rotatable bonds is 12. The first-order valence-electron chi connectivity index (χ1n) is 10.3. The number of likely N-dealkylation sites (tertiary alicyclic amines) is 1. The van der Waals surface area contributed by atoms with Gasteiger partial charge in [-0.05, 0) is 0 Å². The zero-order valence-corrected chi connectivity index (χ0v) is 19.1. The molecule has 1 rings (SSSR count). The van der Waals surface area contributed by atoms with Gasteiger partial charge in [0.15, 0.2) is 0 Å². The standard InChI is InChI=1S/C8H16N.3C4H9.Sn/c1-8(2)7-9-5-3-4-6-9;3*1-3-4-2;/h5,8H,3-4,6-7H2,1-2H3;3*1,3-4H2,2H3;. The van der Waals surface area contributed by atoms with Gasteiger partial charge in [-0.2, -0.15) is 0 Å². The fourth-order valence-electron chi connectivity index (χ4n) is 4.67. The molecule has 0 saturated carbocycles. The first kappa shape index (κ1) is 20.8. The summed E-state index contributed by atoms with van der Waals surface area (Å²) in [6.45, 7) is 14.8. The Balaban J connectivity index is 2.91. The van der Waals surface area contributed by atoms with E-state index < -0.39 is 18.4 Å². The van der Waals surface area contributed by atoms with Crippen LogP contribution in [0.2, 0.25) is 13.3 Å². The molecule has 0 aromatic carbocycles. The molecule has 0 aromatic rings. The summed E-state index contributed by atoms with van der Waals surface area (Å²) in [5.41, 5.74) is 0. The van der Waals surface area contributed by atoms with Gasteiger partial charge >= 0.3 is 146 Å². The van der Waals surface area contributed by atoms with Gasteiger partial charge in [-0.25, -0.2) is 0 Å². The average molecular weight is 416 g/mol. The van der Waals surface area contributed by atoms with Crippen molar-refractivity contribution in [2.75, 3.05) is 13.1 Å². The second-order valence-electron chi connectivity index (χ2n) is 8.22. The van der Waals surface area contributed by atoms with Crippen molar-refractivity contribution in [1.82, 2.24) is 4.90 Å². The topological polar surface area (TPSA) is 3.24 Å². The van der Waals surface area contributed by atoms with Crippen LogP contribution < -0.4 is 0 Å². The minimum absolute atomic E-state index is 0.841. The molecule has 1 nitrogen and oxygen atoms in total. The first-order valence-corrected chi connectivity index (χ1v) is 18.0. The van der Waals surface area contributed by atoms with E-state index in [2.05, 4.69) is 39.5 Å². The van der Waals surface area contributed by atoms with E-state index in [1.807, 2.05) is 0 Å². The normalized spacial score (nSPS) is 20.2. The Morgan fingerprint density at radius 1 is 0.909 bits per heavy atom. The van der Waals surface area contributed by atoms with Crippen LogP contribution in [0.4, 0.5) is 0 Å². The Hall–Kier alpha value is 0.759. The van der Waals surface area contributed by atoms with E-state index in [-0.39, 0.29) is 0 Å². The Morgan fingerprint density at radius 2 is 1.41 bits per heavy atom. The van der Waals surface area contributed by atoms with Crippen LogP contribution in [0.25, 0.3) is 0 Å². The van der Waals surface area contributed by atoms with E-state index in [1.54, 1.807) is 19.7 Å². The van der Waals surface area contributed by atoms with Crippen molar-refractivity contribution in [3.05, 3.63) is 0 Å². The second kappa shape index (κ2) is 11.3. The van der Waals surface area contributed by atoms with Crippen LogP contribution >= 0.6 is 0 Å². The maximum atomic E-state index is 2.97. The fourth-order valence-corrected chi connectivity index (χ4v) is 23.9. The van der Waals surface area contributed by atoms with Crippen LogP contribution in [0.1, 0.15) is 86.0 Å². The van der Waals surface area contributed by atoms with Gasteiger partial charge < -0.3 is 0 Å². The fraction of sp³-hybridized carbons (Fsp3) is 1.00. The van der Waals surface area contributed by atoms with Gasteiger partial charge in [0.1, 0.15) is 0 Å². The summed E-state index contributed by atoms with van der Waals surface area (Å²) in [5, 5.41) is 0. The van der Waals surface area contributed by atoms with Crippen molar-refractivity contribution >= 4 is 18.4 Å². The molecule has 0 amide bonds. The van der Waals surface area contributed by atoms with Gasteiger partial charge in [-0.15, -0.1) is 0 Å². The Kier molecular flexibility index (Phi) is 10.7. The molecule has 1 aliphatic rings. The van der Waals surface area contributed by atoms with Gasteiger partial charge in [0, 0.05) is 0 Å². The quantitative estimate of drug-likeness (QED) is 0.329. The van der Waals surface area contributed by atoms with E-state index in [0.29, 0.717) is 0 Å². The van der Waals surface area contributed by atoms with E-state index >= 15 is 0 Å². The molecule has 0 N–H and O–H groups in total. The summed E-state index contributed by atoms with van der Waals surface area (Å²) in [5.74, 6) is 0.841. The van der Waals surface area contributed by atoms with E-state index in [0.717, 1.165) is 9.98 Å². The molecular weight excluding hydrogens is 373 g/mol. The molecule has 0 unspecified atom stereocenters. The van der Waals surface area contributed by atoms with Crippen molar-refractivity contribution < 1.29 is 0 Å². The number of unbranched alkanes of at least 4 members (excludes halogenated alkanes) is 3. The summed E-state index contributed by atoms with van der Waals surface area (Å²) >= 11 is -2.02. The average Bonchev–Trinajstić information content (AvgIpc) is 2.95. The van der Waals surface area contributed by atoms with Gasteiger partial charge in [-0.3, -0.25) is 0 Å². The number of nitrogens with zero attached hydrogens (tertiary/aromatic N) is 1. The molecule has 1 atom stereocenters. The summed E-state index contributed by atoms with van der Waals surface area (Å²) < 4.78 is 6.14. The Bertz CT molecular complexity index is 255. The second-order valence-corrected chi connectivity index (χ2v) is 22.2. The van der Waals surface area contributed by atoms with Crippen LogP contribution in [-0.4, -0.2) is 40.4 Å². The minimum atomic E-state index is -2.02. The van der Waals surface area contributed by atoms with Crippen molar-refractivity contribution in [2.45, 2.75) is 103 Å². The summed E-state index contributed by atoms with van der Waals surface area (Å²) in [6.07, 6.45) is 11.8. The molecule has 2 heteroatoms. The van der Waals surface area contributed by atoms with Crippen molar-refractivity contribution in [3.8, 4) is 0 Å². The van der Waals surface area contributed by atoms with E-state index in [9.17, 15) is 0 Å². The summed E-state index contributed by atoms with van der Waals surface area (Å²) in [6, 6.07) is 0. The predicted molar refractivity (Wildman–Crippen MR) is 104 cm³/mol. The number of hydrogen-bond acceptors (Lipinski definition) is 1. The van der Waals surface area contributed by atoms with Gasteiger partial charge in [0.05, 0.1) is 0 Å². The molecular formula is C20H43NSn. The van der Waals surface area contributed by atoms with Crippen molar-refractivity contribution in [2.24, 2.45) is 5.92 Å². The van der Waals surface area contributed by atoms with Crippen molar-refractivity contribution in [1.29, 1.82) is 0 Å². The van der Waals surface area contributed by atoms with Crippen LogP contribution in [0, 0.1) is 5.92 Å². The molecule has 1 heterocycles. The van der Waals surface area contributed by atoms with Gasteiger partial charge in [-0.1, -0.05) is 0 Å². The van der Waals surface area contributed by atoms with E-state index in [1.165, 1.54) is 58.0 Å². The zero-order valence-electron chi connectivity index (χ0n) is 16.3.